The van der Waals surface area contributed by atoms with Gasteiger partial charge in [0.1, 0.15) is 18.1 Å². The van der Waals surface area contributed by atoms with Crippen LogP contribution in [-0.2, 0) is 6.54 Å². The minimum atomic E-state index is 0.493. The monoisotopic (exact) mass is 327 g/mol. The van der Waals surface area contributed by atoms with E-state index in [-0.39, 0.29) is 0 Å². The molecule has 0 amide bonds. The molecule has 0 aliphatic carbocycles. The Morgan fingerprint density at radius 1 is 1.30 bits per heavy atom. The van der Waals surface area contributed by atoms with Crippen LogP contribution in [0.25, 0.3) is 0 Å². The van der Waals surface area contributed by atoms with E-state index in [1.54, 1.807) is 29.1 Å². The molecule has 0 saturated carbocycles. The molecule has 2 aromatic heterocycles. The Morgan fingerprint density at radius 3 is 3.09 bits per heavy atom. The number of tetrazole rings is 1. The summed E-state index contributed by atoms with van der Waals surface area (Å²) in [5.74, 6) is 2.17. The van der Waals surface area contributed by atoms with Gasteiger partial charge in [-0.25, -0.2) is 4.68 Å². The number of benzene rings is 1. The zero-order valence-electron chi connectivity index (χ0n) is 12.1. The van der Waals surface area contributed by atoms with E-state index >= 15 is 0 Å². The summed E-state index contributed by atoms with van der Waals surface area (Å²) in [6, 6.07) is 12.9. The Bertz CT molecular complexity index is 794. The summed E-state index contributed by atoms with van der Waals surface area (Å²) in [7, 11) is 0. The molecule has 2 heterocycles. The third-order valence-electron chi connectivity index (χ3n) is 2.93. The van der Waals surface area contributed by atoms with Crippen LogP contribution < -0.4 is 4.74 Å². The van der Waals surface area contributed by atoms with Gasteiger partial charge in [0.25, 0.3) is 0 Å². The van der Waals surface area contributed by atoms with Crippen molar-refractivity contribution in [2.45, 2.75) is 11.7 Å². The van der Waals surface area contributed by atoms with Gasteiger partial charge in [0.05, 0.1) is 24.5 Å². The maximum atomic E-state index is 8.85. The van der Waals surface area contributed by atoms with E-state index in [4.69, 9.17) is 14.4 Å². The van der Waals surface area contributed by atoms with Crippen LogP contribution in [0.5, 0.6) is 5.75 Å². The van der Waals surface area contributed by atoms with Gasteiger partial charge in [-0.1, -0.05) is 17.8 Å². The summed E-state index contributed by atoms with van der Waals surface area (Å²) in [5, 5.41) is 21.2. The molecule has 1 aromatic carbocycles. The van der Waals surface area contributed by atoms with E-state index in [1.165, 1.54) is 11.8 Å². The Labute approximate surface area is 136 Å². The summed E-state index contributed by atoms with van der Waals surface area (Å²) in [6.45, 7) is 0.987. The summed E-state index contributed by atoms with van der Waals surface area (Å²) < 4.78 is 12.6. The average Bonchev–Trinajstić information content (AvgIpc) is 3.24. The zero-order valence-corrected chi connectivity index (χ0v) is 12.9. The lowest BCUT2D eigenvalue weighted by atomic mass is 10.2. The fourth-order valence-electron chi connectivity index (χ4n) is 1.90. The summed E-state index contributed by atoms with van der Waals surface area (Å²) in [4.78, 5) is 0. The number of rotatable bonds is 7. The number of aromatic nitrogens is 4. The molecule has 0 N–H and O–H groups in total. The number of ether oxygens (including phenoxy) is 1. The first kappa shape index (κ1) is 15.1. The van der Waals surface area contributed by atoms with Crippen LogP contribution >= 0.6 is 11.8 Å². The first-order chi connectivity index (χ1) is 11.3. The topological polar surface area (TPSA) is 89.8 Å². The van der Waals surface area contributed by atoms with Gasteiger partial charge >= 0.3 is 0 Å². The van der Waals surface area contributed by atoms with Crippen LogP contribution in [0.2, 0.25) is 0 Å². The van der Waals surface area contributed by atoms with E-state index in [9.17, 15) is 0 Å². The van der Waals surface area contributed by atoms with Gasteiger partial charge in [0.15, 0.2) is 0 Å². The van der Waals surface area contributed by atoms with Crippen molar-refractivity contribution in [3.05, 3.63) is 54.0 Å². The molecule has 23 heavy (non-hydrogen) atoms. The molecule has 0 fully saturated rings. The van der Waals surface area contributed by atoms with Gasteiger partial charge < -0.3 is 9.15 Å². The van der Waals surface area contributed by atoms with Crippen LogP contribution in [0.15, 0.2) is 52.2 Å². The lowest BCUT2D eigenvalue weighted by molar-refractivity contribution is 0.343. The third kappa shape index (κ3) is 4.11. The SMILES string of the molecule is N#Cc1cccc(OCCSc2nnnn2Cc2ccco2)c1. The third-order valence-corrected chi connectivity index (χ3v) is 3.85. The number of nitrogens with zero attached hydrogens (tertiary/aromatic N) is 5. The molecule has 3 aromatic rings. The predicted molar refractivity (Wildman–Crippen MR) is 83.0 cm³/mol. The van der Waals surface area contributed by atoms with Crippen molar-refractivity contribution >= 4 is 11.8 Å². The minimum Gasteiger partial charge on any atom is -0.493 e. The van der Waals surface area contributed by atoms with Crippen molar-refractivity contribution in [3.8, 4) is 11.8 Å². The molecule has 0 spiro atoms. The maximum absolute atomic E-state index is 8.85. The van der Waals surface area contributed by atoms with Crippen LogP contribution in [0.1, 0.15) is 11.3 Å². The first-order valence-electron chi connectivity index (χ1n) is 6.89. The highest BCUT2D eigenvalue weighted by Gasteiger charge is 2.08. The van der Waals surface area contributed by atoms with Crippen LogP contribution in [0, 0.1) is 11.3 Å². The van der Waals surface area contributed by atoms with Crippen LogP contribution in [-0.4, -0.2) is 32.6 Å². The summed E-state index contributed by atoms with van der Waals surface area (Å²) in [5.41, 5.74) is 0.581. The highest BCUT2D eigenvalue weighted by Crippen LogP contribution is 2.17. The van der Waals surface area contributed by atoms with E-state index in [1.807, 2.05) is 18.2 Å². The Balaban J connectivity index is 1.49. The van der Waals surface area contributed by atoms with Crippen molar-refractivity contribution in [2.75, 3.05) is 12.4 Å². The zero-order chi connectivity index (χ0) is 15.9. The van der Waals surface area contributed by atoms with E-state index in [0.717, 1.165) is 5.76 Å². The molecular formula is C15H13N5O2S. The quantitative estimate of drug-likeness (QED) is 0.486. The highest BCUT2D eigenvalue weighted by molar-refractivity contribution is 7.99. The Hall–Kier alpha value is -2.79. The number of hydrogen-bond donors (Lipinski definition) is 0. The van der Waals surface area contributed by atoms with Crippen molar-refractivity contribution in [1.82, 2.24) is 20.2 Å². The molecule has 0 radical (unpaired) electrons. The Morgan fingerprint density at radius 2 is 2.26 bits per heavy atom. The normalized spacial score (nSPS) is 10.4. The van der Waals surface area contributed by atoms with E-state index < -0.39 is 0 Å². The number of thioether (sulfide) groups is 1. The molecule has 0 atom stereocenters. The van der Waals surface area contributed by atoms with Gasteiger partial charge in [-0.05, 0) is 40.8 Å². The number of hydrogen-bond acceptors (Lipinski definition) is 7. The van der Waals surface area contributed by atoms with Crippen molar-refractivity contribution in [1.29, 1.82) is 5.26 Å². The highest BCUT2D eigenvalue weighted by atomic mass is 32.2. The molecule has 0 bridgehead atoms. The largest absolute Gasteiger partial charge is 0.493 e. The molecular weight excluding hydrogens is 314 g/mol. The predicted octanol–water partition coefficient (Wildman–Crippen LogP) is 2.36. The molecule has 3 rings (SSSR count). The van der Waals surface area contributed by atoms with Crippen LogP contribution in [0.3, 0.4) is 0 Å². The lowest BCUT2D eigenvalue weighted by Crippen LogP contribution is -2.05. The van der Waals surface area contributed by atoms with Gasteiger partial charge in [0, 0.05) is 5.75 Å². The van der Waals surface area contributed by atoms with Crippen molar-refractivity contribution in [2.24, 2.45) is 0 Å². The molecule has 0 saturated heterocycles. The van der Waals surface area contributed by atoms with Gasteiger partial charge in [0.2, 0.25) is 5.16 Å². The summed E-state index contributed by atoms with van der Waals surface area (Å²) in [6.07, 6.45) is 1.62. The van der Waals surface area contributed by atoms with Gasteiger partial charge in [-0.3, -0.25) is 0 Å². The van der Waals surface area contributed by atoms with Crippen LogP contribution in [0.4, 0.5) is 0 Å². The minimum absolute atomic E-state index is 0.493. The summed E-state index contributed by atoms with van der Waals surface area (Å²) >= 11 is 1.50. The van der Waals surface area contributed by atoms with E-state index in [0.29, 0.717) is 35.4 Å². The fourth-order valence-corrected chi connectivity index (χ4v) is 2.59. The molecule has 0 aliphatic rings. The lowest BCUT2D eigenvalue weighted by Gasteiger charge is -2.06. The van der Waals surface area contributed by atoms with E-state index in [2.05, 4.69) is 21.6 Å². The second kappa shape index (κ2) is 7.47. The number of nitriles is 1. The maximum Gasteiger partial charge on any atom is 0.209 e. The Kier molecular flexibility index (Phi) is 4.91. The smallest absolute Gasteiger partial charge is 0.209 e. The molecule has 8 heteroatoms. The molecule has 0 unspecified atom stereocenters. The molecule has 7 nitrogen and oxygen atoms in total. The van der Waals surface area contributed by atoms with Crippen molar-refractivity contribution in [3.63, 3.8) is 0 Å². The standard InChI is InChI=1S/C15H13N5O2S/c16-10-12-3-1-4-13(9-12)22-7-8-23-15-17-18-19-20(15)11-14-5-2-6-21-14/h1-6,9H,7-8,11H2. The van der Waals surface area contributed by atoms with Gasteiger partial charge in [-0.15, -0.1) is 5.10 Å². The fraction of sp³-hybridized carbons (Fsp3) is 0.200. The molecule has 0 aliphatic heterocycles. The second-order valence-corrected chi connectivity index (χ2v) is 5.60. The number of furan rings is 1. The van der Waals surface area contributed by atoms with Crippen molar-refractivity contribution < 1.29 is 9.15 Å². The van der Waals surface area contributed by atoms with Gasteiger partial charge in [-0.2, -0.15) is 5.26 Å². The second-order valence-electron chi connectivity index (χ2n) is 4.54. The first-order valence-corrected chi connectivity index (χ1v) is 7.88. The molecule has 116 valence electrons. The average molecular weight is 327 g/mol.